The molecule has 2 aromatic rings. The number of sulfonamides is 1. The number of ether oxygens (including phenoxy) is 5. The van der Waals surface area contributed by atoms with E-state index in [9.17, 15) is 36.0 Å². The minimum atomic E-state index is -4.53. The molecule has 0 spiro atoms. The maximum atomic E-state index is 13.8. The summed E-state index contributed by atoms with van der Waals surface area (Å²) in [7, 11) is -8.49. The normalized spacial score (nSPS) is 22.3. The van der Waals surface area contributed by atoms with Gasteiger partial charge >= 0.3 is 23.9 Å². The Balaban J connectivity index is 2.03. The molecule has 1 aromatic carbocycles. The van der Waals surface area contributed by atoms with Gasteiger partial charge in [0, 0.05) is 27.7 Å². The van der Waals surface area contributed by atoms with Crippen LogP contribution in [0.5, 0.6) is 0 Å². The molecule has 0 saturated carbocycles. The van der Waals surface area contributed by atoms with Gasteiger partial charge in [-0.05, 0) is 46.9 Å². The number of hydrogen-bond acceptors (Lipinski definition) is 15. The predicted molar refractivity (Wildman–Crippen MR) is 150 cm³/mol. The van der Waals surface area contributed by atoms with E-state index in [1.54, 1.807) is 22.6 Å². The number of esters is 4. The number of carbonyl (C=O) groups is 4. The van der Waals surface area contributed by atoms with E-state index >= 15 is 0 Å². The molecular formula is C23H27IN4O13S2. The standard InChI is InChI=1S/C23H27IN4O13S2/c1-11(29)37-9-18-19(38-12(2)30)20(39-13(3)31)21(40-14(4)32)23(41-18)42(33,34)10-17-22(24)28(27-26-17)15-5-7-16(8-6-15)43(25,35)36/h5-8,18-21,23H,9-10H2,1-4H3,(H2,25,35,36)/t18-,19+,20+,21-,23?/m0/s1. The summed E-state index contributed by atoms with van der Waals surface area (Å²) in [5.41, 5.74) is -1.74. The monoisotopic (exact) mass is 758 g/mol. The van der Waals surface area contributed by atoms with Crippen LogP contribution in [-0.2, 0) is 68.5 Å². The molecule has 0 radical (unpaired) electrons. The second kappa shape index (κ2) is 13.6. The maximum absolute atomic E-state index is 13.8. The van der Waals surface area contributed by atoms with E-state index in [1.807, 2.05) is 0 Å². The third kappa shape index (κ3) is 8.68. The number of nitrogens with zero attached hydrogens (tertiary/aromatic N) is 3. The van der Waals surface area contributed by atoms with Gasteiger partial charge in [-0.3, -0.25) is 19.2 Å². The lowest BCUT2D eigenvalue weighted by atomic mass is 9.99. The Morgan fingerprint density at radius 3 is 1.93 bits per heavy atom. The molecule has 2 N–H and O–H groups in total. The molecule has 1 aliphatic heterocycles. The van der Waals surface area contributed by atoms with Crippen molar-refractivity contribution in [3.63, 3.8) is 0 Å². The lowest BCUT2D eigenvalue weighted by Gasteiger charge is -2.43. The van der Waals surface area contributed by atoms with Crippen LogP contribution in [0.3, 0.4) is 0 Å². The highest BCUT2D eigenvalue weighted by molar-refractivity contribution is 14.1. The third-order valence-electron chi connectivity index (χ3n) is 5.73. The van der Waals surface area contributed by atoms with Crippen LogP contribution in [0.4, 0.5) is 0 Å². The predicted octanol–water partition coefficient (Wildman–Crippen LogP) is -0.483. The number of sulfone groups is 1. The summed E-state index contributed by atoms with van der Waals surface area (Å²) in [5, 5.41) is 13.0. The summed E-state index contributed by atoms with van der Waals surface area (Å²) in [6, 6.07) is 5.23. The van der Waals surface area contributed by atoms with Crippen molar-refractivity contribution in [1.29, 1.82) is 0 Å². The van der Waals surface area contributed by atoms with Gasteiger partial charge in [0.15, 0.2) is 33.6 Å². The Hall–Kier alpha value is -3.21. The minimum Gasteiger partial charge on any atom is -0.463 e. The van der Waals surface area contributed by atoms with E-state index in [0.717, 1.165) is 27.7 Å². The molecule has 0 amide bonds. The number of carbonyl (C=O) groups excluding carboxylic acids is 4. The van der Waals surface area contributed by atoms with Gasteiger partial charge in [-0.25, -0.2) is 26.7 Å². The van der Waals surface area contributed by atoms with Crippen LogP contribution in [0.2, 0.25) is 0 Å². The average Bonchev–Trinajstić information content (AvgIpc) is 3.22. The van der Waals surface area contributed by atoms with Crippen LogP contribution in [0.15, 0.2) is 29.2 Å². The number of aromatic nitrogens is 3. The molecule has 2 heterocycles. The summed E-state index contributed by atoms with van der Waals surface area (Å²) >= 11 is 1.78. The fourth-order valence-electron chi connectivity index (χ4n) is 4.08. The average molecular weight is 759 g/mol. The van der Waals surface area contributed by atoms with Crippen molar-refractivity contribution in [2.45, 2.75) is 68.2 Å². The molecule has 1 unspecified atom stereocenters. The molecule has 1 aliphatic rings. The van der Waals surface area contributed by atoms with Crippen molar-refractivity contribution in [3.8, 4) is 5.69 Å². The van der Waals surface area contributed by atoms with Gasteiger partial charge in [-0.15, -0.1) is 5.10 Å². The summed E-state index contributed by atoms with van der Waals surface area (Å²) in [4.78, 5) is 47.3. The smallest absolute Gasteiger partial charge is 0.303 e. The SMILES string of the molecule is CC(=O)OC[C@@H]1OC(S(=O)(=O)Cc2nnn(-c3ccc(S(N)(=O)=O)cc3)c2I)[C@@H](OC(C)=O)[C@H](OC(C)=O)[C@@H]1OC(C)=O. The molecule has 17 nitrogen and oxygen atoms in total. The number of nitrogens with two attached hydrogens (primary N) is 1. The highest BCUT2D eigenvalue weighted by atomic mass is 127. The Kier molecular flexibility index (Phi) is 10.9. The lowest BCUT2D eigenvalue weighted by Crippen LogP contribution is -2.64. The van der Waals surface area contributed by atoms with Gasteiger partial charge in [0.05, 0.1) is 16.3 Å². The molecule has 0 bridgehead atoms. The Bertz CT molecular complexity index is 1610. The zero-order valence-corrected chi connectivity index (χ0v) is 26.8. The summed E-state index contributed by atoms with van der Waals surface area (Å²) < 4.78 is 78.7. The maximum Gasteiger partial charge on any atom is 0.303 e. The van der Waals surface area contributed by atoms with E-state index in [4.69, 9.17) is 28.8 Å². The van der Waals surface area contributed by atoms with Crippen LogP contribution in [0, 0.1) is 3.70 Å². The fraction of sp³-hybridized carbons (Fsp3) is 0.478. The summed E-state index contributed by atoms with van der Waals surface area (Å²) in [6.45, 7) is 3.50. The van der Waals surface area contributed by atoms with Gasteiger partial charge in [-0.2, -0.15) is 0 Å². The first-order valence-corrected chi connectivity index (χ1v) is 16.5. The summed E-state index contributed by atoms with van der Waals surface area (Å²) in [6.07, 6.45) is -6.48. The number of benzene rings is 1. The lowest BCUT2D eigenvalue weighted by molar-refractivity contribution is -0.238. The van der Waals surface area contributed by atoms with Crippen LogP contribution < -0.4 is 5.14 Å². The first-order valence-electron chi connectivity index (χ1n) is 12.2. The van der Waals surface area contributed by atoms with E-state index in [1.165, 1.54) is 28.9 Å². The fourth-order valence-corrected chi connectivity index (χ4v) is 7.20. The van der Waals surface area contributed by atoms with Crippen molar-refractivity contribution in [3.05, 3.63) is 33.7 Å². The van der Waals surface area contributed by atoms with E-state index < -0.39 is 85.9 Å². The molecule has 43 heavy (non-hydrogen) atoms. The topological polar surface area (TPSA) is 239 Å². The zero-order valence-electron chi connectivity index (χ0n) is 23.0. The van der Waals surface area contributed by atoms with Gasteiger partial charge in [0.2, 0.25) is 10.0 Å². The molecule has 236 valence electrons. The molecule has 3 rings (SSSR count). The molecule has 1 fully saturated rings. The molecule has 5 atom stereocenters. The molecule has 1 saturated heterocycles. The molecular weight excluding hydrogens is 731 g/mol. The highest BCUT2D eigenvalue weighted by Gasteiger charge is 2.56. The van der Waals surface area contributed by atoms with Crippen LogP contribution in [0.1, 0.15) is 33.4 Å². The number of hydrogen-bond donors (Lipinski definition) is 1. The highest BCUT2D eigenvalue weighted by Crippen LogP contribution is 2.33. The summed E-state index contributed by atoms with van der Waals surface area (Å²) in [5.74, 6) is -4.35. The third-order valence-corrected chi connectivity index (χ3v) is 9.50. The van der Waals surface area contributed by atoms with Crippen LogP contribution in [0.25, 0.3) is 5.69 Å². The van der Waals surface area contributed by atoms with Crippen molar-refractivity contribution in [2.75, 3.05) is 6.61 Å². The number of rotatable bonds is 10. The van der Waals surface area contributed by atoms with Crippen molar-refractivity contribution in [2.24, 2.45) is 5.14 Å². The number of halogens is 1. The molecule has 0 aliphatic carbocycles. The Morgan fingerprint density at radius 1 is 0.884 bits per heavy atom. The molecule has 20 heteroatoms. The Labute approximate surface area is 259 Å². The minimum absolute atomic E-state index is 0.0658. The zero-order chi connectivity index (χ0) is 32.3. The second-order valence-corrected chi connectivity index (χ2v) is 13.8. The quantitative estimate of drug-likeness (QED) is 0.183. The van der Waals surface area contributed by atoms with Gasteiger partial charge in [0.1, 0.15) is 22.1 Å². The van der Waals surface area contributed by atoms with Crippen molar-refractivity contribution < 1.29 is 59.7 Å². The Morgan fingerprint density at radius 2 is 1.42 bits per heavy atom. The van der Waals surface area contributed by atoms with Gasteiger partial charge in [-0.1, -0.05) is 5.21 Å². The second-order valence-electron chi connectivity index (χ2n) is 9.15. The van der Waals surface area contributed by atoms with Crippen LogP contribution in [-0.4, -0.2) is 92.2 Å². The first-order chi connectivity index (χ1) is 19.9. The van der Waals surface area contributed by atoms with Gasteiger partial charge in [0.25, 0.3) is 0 Å². The number of primary sulfonamides is 1. The molecule has 1 aromatic heterocycles. The van der Waals surface area contributed by atoms with E-state index in [-0.39, 0.29) is 14.3 Å². The van der Waals surface area contributed by atoms with Crippen molar-refractivity contribution >= 4 is 66.3 Å². The van der Waals surface area contributed by atoms with Crippen LogP contribution >= 0.6 is 22.6 Å². The first kappa shape index (κ1) is 34.3. The van der Waals surface area contributed by atoms with Gasteiger partial charge < -0.3 is 23.7 Å². The van der Waals surface area contributed by atoms with E-state index in [2.05, 4.69) is 10.3 Å². The van der Waals surface area contributed by atoms with E-state index in [0.29, 0.717) is 5.69 Å². The van der Waals surface area contributed by atoms with Crippen molar-refractivity contribution in [1.82, 2.24) is 15.0 Å². The largest absolute Gasteiger partial charge is 0.463 e.